The van der Waals surface area contributed by atoms with Crippen molar-refractivity contribution in [1.29, 1.82) is 0 Å². The monoisotopic (exact) mass is 373 g/mol. The Balaban J connectivity index is 1.48. The van der Waals surface area contributed by atoms with Gasteiger partial charge in [-0.15, -0.1) is 0 Å². The topological polar surface area (TPSA) is 81.2 Å². The fourth-order valence-corrected chi connectivity index (χ4v) is 3.78. The molecule has 0 bridgehead atoms. The smallest absolute Gasteiger partial charge is 0.320 e. The second-order valence-electron chi connectivity index (χ2n) is 7.61. The highest BCUT2D eigenvalue weighted by atomic mass is 16.4. The molecule has 27 heavy (non-hydrogen) atoms. The third kappa shape index (κ3) is 4.23. The highest BCUT2D eigenvalue weighted by Crippen LogP contribution is 2.44. The molecule has 3 amide bonds. The standard InChI is InChI=1S/C20H27N3O4/c1-21(15-16-6-3-2-4-7-16)19(27)23-12-10-22(11-13-23)17(24)14-20(18(25)26)8-5-9-20/h2-4,6-7H,5,8-15H2,1H3,(H,25,26). The molecule has 146 valence electrons. The Bertz CT molecular complexity index is 694. The molecule has 1 aliphatic heterocycles. The molecule has 1 aliphatic carbocycles. The first-order valence-corrected chi connectivity index (χ1v) is 9.46. The van der Waals surface area contributed by atoms with Gasteiger partial charge in [0.15, 0.2) is 0 Å². The first kappa shape index (κ1) is 19.2. The van der Waals surface area contributed by atoms with Gasteiger partial charge in [0.2, 0.25) is 5.91 Å². The number of nitrogens with zero attached hydrogens (tertiary/aromatic N) is 3. The quantitative estimate of drug-likeness (QED) is 0.856. The number of carbonyl (C=O) groups excluding carboxylic acids is 2. The van der Waals surface area contributed by atoms with Crippen LogP contribution in [-0.4, -0.2) is 70.9 Å². The fraction of sp³-hybridized carbons (Fsp3) is 0.550. The van der Waals surface area contributed by atoms with Crippen LogP contribution in [-0.2, 0) is 16.1 Å². The lowest BCUT2D eigenvalue weighted by atomic mass is 9.66. The average Bonchev–Trinajstić information content (AvgIpc) is 2.64. The summed E-state index contributed by atoms with van der Waals surface area (Å²) in [7, 11) is 1.78. The van der Waals surface area contributed by atoms with Crippen molar-refractivity contribution in [3.8, 4) is 0 Å². The molecule has 3 rings (SSSR count). The molecule has 0 unspecified atom stereocenters. The molecule has 0 spiro atoms. The van der Waals surface area contributed by atoms with Crippen LogP contribution in [0.1, 0.15) is 31.2 Å². The number of aliphatic carboxylic acids is 1. The zero-order valence-corrected chi connectivity index (χ0v) is 15.8. The Morgan fingerprint density at radius 1 is 1.04 bits per heavy atom. The zero-order valence-electron chi connectivity index (χ0n) is 15.8. The Labute approximate surface area is 159 Å². The van der Waals surface area contributed by atoms with Crippen LogP contribution in [0.25, 0.3) is 0 Å². The number of carboxylic acids is 1. The van der Waals surface area contributed by atoms with E-state index < -0.39 is 11.4 Å². The summed E-state index contributed by atoms with van der Waals surface area (Å²) in [4.78, 5) is 41.7. The van der Waals surface area contributed by atoms with Gasteiger partial charge >= 0.3 is 12.0 Å². The minimum atomic E-state index is -0.863. The second kappa shape index (κ2) is 7.98. The van der Waals surface area contributed by atoms with Crippen molar-refractivity contribution in [3.63, 3.8) is 0 Å². The van der Waals surface area contributed by atoms with Gasteiger partial charge in [0.1, 0.15) is 0 Å². The maximum atomic E-state index is 12.6. The molecule has 2 aliphatic rings. The summed E-state index contributed by atoms with van der Waals surface area (Å²) < 4.78 is 0. The SMILES string of the molecule is CN(Cc1ccccc1)C(=O)N1CCN(C(=O)CC2(C(=O)O)CCC2)CC1. The number of rotatable bonds is 5. The van der Waals surface area contributed by atoms with E-state index in [4.69, 9.17) is 0 Å². The van der Waals surface area contributed by atoms with Crippen LogP contribution in [0.3, 0.4) is 0 Å². The number of benzene rings is 1. The van der Waals surface area contributed by atoms with Gasteiger partial charge in [-0.2, -0.15) is 0 Å². The predicted molar refractivity (Wildman–Crippen MR) is 100.0 cm³/mol. The van der Waals surface area contributed by atoms with E-state index in [1.165, 1.54) is 0 Å². The van der Waals surface area contributed by atoms with Crippen molar-refractivity contribution in [3.05, 3.63) is 35.9 Å². The van der Waals surface area contributed by atoms with E-state index in [0.717, 1.165) is 12.0 Å². The number of urea groups is 1. The van der Waals surface area contributed by atoms with Crippen LogP contribution in [0.15, 0.2) is 30.3 Å². The van der Waals surface area contributed by atoms with E-state index in [-0.39, 0.29) is 18.4 Å². The number of hydrogen-bond acceptors (Lipinski definition) is 3. The Hall–Kier alpha value is -2.57. The van der Waals surface area contributed by atoms with Gasteiger partial charge in [-0.25, -0.2) is 4.79 Å². The minimum Gasteiger partial charge on any atom is -0.481 e. The molecular formula is C20H27N3O4. The van der Waals surface area contributed by atoms with Crippen LogP contribution >= 0.6 is 0 Å². The van der Waals surface area contributed by atoms with Gasteiger partial charge in [-0.3, -0.25) is 9.59 Å². The van der Waals surface area contributed by atoms with Gasteiger partial charge in [0.25, 0.3) is 0 Å². The maximum Gasteiger partial charge on any atom is 0.320 e. The van der Waals surface area contributed by atoms with Crippen molar-refractivity contribution >= 4 is 17.9 Å². The molecule has 7 heteroatoms. The summed E-state index contributed by atoms with van der Waals surface area (Å²) in [6.07, 6.45) is 2.10. The highest BCUT2D eigenvalue weighted by molar-refractivity contribution is 5.86. The molecule has 7 nitrogen and oxygen atoms in total. The Kier molecular flexibility index (Phi) is 5.68. The number of hydrogen-bond donors (Lipinski definition) is 1. The number of carboxylic acid groups (broad SMARTS) is 1. The van der Waals surface area contributed by atoms with Crippen LogP contribution in [0.2, 0.25) is 0 Å². The summed E-state index contributed by atoms with van der Waals surface area (Å²) in [6.45, 7) is 2.41. The molecule has 1 saturated carbocycles. The van der Waals surface area contributed by atoms with E-state index in [2.05, 4.69) is 0 Å². The van der Waals surface area contributed by atoms with Gasteiger partial charge in [0.05, 0.1) is 5.41 Å². The number of piperazine rings is 1. The third-order valence-corrected chi connectivity index (χ3v) is 5.75. The van der Waals surface area contributed by atoms with Gasteiger partial charge in [-0.05, 0) is 18.4 Å². The molecule has 0 radical (unpaired) electrons. The summed E-state index contributed by atoms with van der Waals surface area (Å²) in [6, 6.07) is 9.76. The largest absolute Gasteiger partial charge is 0.481 e. The van der Waals surface area contributed by atoms with E-state index in [1.54, 1.807) is 21.7 Å². The summed E-state index contributed by atoms with van der Waals surface area (Å²) in [5.74, 6) is -0.972. The molecule has 1 saturated heterocycles. The molecule has 1 heterocycles. The van der Waals surface area contributed by atoms with Crippen molar-refractivity contribution in [2.75, 3.05) is 33.2 Å². The summed E-state index contributed by atoms with van der Waals surface area (Å²) >= 11 is 0. The Morgan fingerprint density at radius 2 is 1.63 bits per heavy atom. The van der Waals surface area contributed by atoms with Crippen molar-refractivity contribution in [1.82, 2.24) is 14.7 Å². The van der Waals surface area contributed by atoms with Crippen LogP contribution in [0.5, 0.6) is 0 Å². The van der Waals surface area contributed by atoms with Gasteiger partial charge in [-0.1, -0.05) is 36.8 Å². The average molecular weight is 373 g/mol. The summed E-state index contributed by atoms with van der Waals surface area (Å²) in [5.41, 5.74) is 0.210. The Morgan fingerprint density at radius 3 is 2.15 bits per heavy atom. The number of amides is 3. The zero-order chi connectivity index (χ0) is 19.4. The third-order valence-electron chi connectivity index (χ3n) is 5.75. The van der Waals surface area contributed by atoms with Crippen LogP contribution in [0.4, 0.5) is 4.79 Å². The minimum absolute atomic E-state index is 0.0491. The van der Waals surface area contributed by atoms with Crippen molar-refractivity contribution < 1.29 is 19.5 Å². The fourth-order valence-electron chi connectivity index (χ4n) is 3.78. The van der Waals surface area contributed by atoms with Crippen LogP contribution < -0.4 is 0 Å². The molecule has 0 atom stereocenters. The van der Waals surface area contributed by atoms with Crippen molar-refractivity contribution in [2.24, 2.45) is 5.41 Å². The molecular weight excluding hydrogens is 346 g/mol. The van der Waals surface area contributed by atoms with E-state index in [1.807, 2.05) is 30.3 Å². The maximum absolute atomic E-state index is 12.6. The molecule has 2 fully saturated rings. The lowest BCUT2D eigenvalue weighted by Gasteiger charge is -2.41. The highest BCUT2D eigenvalue weighted by Gasteiger charge is 2.46. The lowest BCUT2D eigenvalue weighted by molar-refractivity contribution is -0.159. The first-order valence-electron chi connectivity index (χ1n) is 9.46. The summed E-state index contributed by atoms with van der Waals surface area (Å²) in [5, 5.41) is 9.40. The van der Waals surface area contributed by atoms with E-state index in [9.17, 15) is 19.5 Å². The second-order valence-corrected chi connectivity index (χ2v) is 7.61. The van der Waals surface area contributed by atoms with Crippen LogP contribution in [0, 0.1) is 5.41 Å². The lowest BCUT2D eigenvalue weighted by Crippen LogP contribution is -2.54. The predicted octanol–water partition coefficient (Wildman–Crippen LogP) is 2.03. The van der Waals surface area contributed by atoms with E-state index >= 15 is 0 Å². The van der Waals surface area contributed by atoms with Crippen molar-refractivity contribution in [2.45, 2.75) is 32.2 Å². The normalized spacial score (nSPS) is 18.6. The van der Waals surface area contributed by atoms with Gasteiger partial charge in [0, 0.05) is 46.2 Å². The van der Waals surface area contributed by atoms with Gasteiger partial charge < -0.3 is 19.8 Å². The molecule has 1 aromatic carbocycles. The molecule has 1 aromatic rings. The molecule has 0 aromatic heterocycles. The first-order chi connectivity index (χ1) is 12.9. The molecule has 1 N–H and O–H groups in total. The number of carbonyl (C=O) groups is 3. The van der Waals surface area contributed by atoms with E-state index in [0.29, 0.717) is 45.6 Å².